The normalized spacial score (nSPS) is 20.0. The molecule has 0 aromatic carbocycles. The van der Waals surface area contributed by atoms with E-state index in [2.05, 4.69) is 9.55 Å². The molecule has 0 saturated heterocycles. The zero-order valence-electron chi connectivity index (χ0n) is 11.6. The van der Waals surface area contributed by atoms with E-state index in [4.69, 9.17) is 0 Å². The molecule has 1 aliphatic heterocycles. The predicted molar refractivity (Wildman–Crippen MR) is 74.6 cm³/mol. The molecule has 1 aliphatic rings. The van der Waals surface area contributed by atoms with E-state index in [0.29, 0.717) is 13.1 Å². The lowest BCUT2D eigenvalue weighted by atomic mass is 10.1. The molecule has 0 amide bonds. The molecule has 0 saturated carbocycles. The lowest BCUT2D eigenvalue weighted by Gasteiger charge is -2.34. The Morgan fingerprint density at radius 1 is 1.40 bits per heavy atom. The van der Waals surface area contributed by atoms with Crippen molar-refractivity contribution in [3.05, 3.63) is 36.5 Å². The van der Waals surface area contributed by atoms with Gasteiger partial charge in [-0.1, -0.05) is 6.92 Å². The molecule has 108 valence electrons. The van der Waals surface area contributed by atoms with Crippen LogP contribution in [0, 0.1) is 0 Å². The monoisotopic (exact) mass is 294 g/mol. The van der Waals surface area contributed by atoms with E-state index in [-0.39, 0.29) is 11.1 Å². The zero-order chi connectivity index (χ0) is 14.3. The molecule has 6 nitrogen and oxygen atoms in total. The van der Waals surface area contributed by atoms with Gasteiger partial charge in [0.05, 0.1) is 12.4 Å². The highest BCUT2D eigenvalue weighted by atomic mass is 32.2. The molecule has 20 heavy (non-hydrogen) atoms. The number of rotatable bonds is 3. The van der Waals surface area contributed by atoms with Crippen molar-refractivity contribution in [3.63, 3.8) is 0 Å². The van der Waals surface area contributed by atoms with Crippen molar-refractivity contribution >= 4 is 10.0 Å². The van der Waals surface area contributed by atoms with Gasteiger partial charge in [-0.15, -0.1) is 0 Å². The molecule has 0 bridgehead atoms. The fraction of sp³-hybridized carbons (Fsp3) is 0.462. The van der Waals surface area contributed by atoms with E-state index >= 15 is 0 Å². The molecule has 2 aromatic heterocycles. The van der Waals surface area contributed by atoms with Gasteiger partial charge in [-0.05, 0) is 18.6 Å². The topological polar surface area (TPSA) is 60.1 Å². The molecule has 0 aliphatic carbocycles. The van der Waals surface area contributed by atoms with Crippen LogP contribution in [0.5, 0.6) is 0 Å². The maximum Gasteiger partial charge on any atom is 0.262 e. The molecule has 1 unspecified atom stereocenters. The first kappa shape index (κ1) is 13.4. The van der Waals surface area contributed by atoms with Crippen LogP contribution in [0.2, 0.25) is 0 Å². The van der Waals surface area contributed by atoms with Crippen LogP contribution in [0.25, 0.3) is 0 Å². The Balaban J connectivity index is 2.02. The van der Waals surface area contributed by atoms with Gasteiger partial charge in [0.25, 0.3) is 10.0 Å². The van der Waals surface area contributed by atoms with E-state index in [1.54, 1.807) is 22.1 Å². The number of nitrogens with zero attached hydrogens (tertiary/aromatic N) is 4. The Hall–Kier alpha value is -1.60. The Bertz CT molecular complexity index is 716. The van der Waals surface area contributed by atoms with Gasteiger partial charge in [0.1, 0.15) is 0 Å². The average Bonchev–Trinajstić information content (AvgIpc) is 3.05. The standard InChI is InChI=1S/C13H18N4O2S/c1-3-11-12-5-4-6-16(12)7-8-17(11)20(18,19)13-9-15(2)10-14-13/h4-6,9-11H,3,7-8H2,1-2H3. The fourth-order valence-electron chi connectivity index (χ4n) is 2.79. The summed E-state index contributed by atoms with van der Waals surface area (Å²) in [4.78, 5) is 4.00. The second kappa shape index (κ2) is 4.75. The minimum Gasteiger partial charge on any atom is -0.349 e. The Labute approximate surface area is 118 Å². The fourth-order valence-corrected chi connectivity index (χ4v) is 4.42. The quantitative estimate of drug-likeness (QED) is 0.859. The number of sulfonamides is 1. The average molecular weight is 294 g/mol. The molecule has 3 heterocycles. The summed E-state index contributed by atoms with van der Waals surface area (Å²) in [6, 6.07) is 3.84. The van der Waals surface area contributed by atoms with Crippen LogP contribution in [0.1, 0.15) is 25.1 Å². The van der Waals surface area contributed by atoms with Crippen LogP contribution >= 0.6 is 0 Å². The van der Waals surface area contributed by atoms with Crippen LogP contribution in [0.15, 0.2) is 35.9 Å². The molecule has 1 atom stereocenters. The van der Waals surface area contributed by atoms with Gasteiger partial charge >= 0.3 is 0 Å². The summed E-state index contributed by atoms with van der Waals surface area (Å²) in [7, 11) is -1.77. The summed E-state index contributed by atoms with van der Waals surface area (Å²) in [5, 5.41) is 0.124. The number of fused-ring (bicyclic) bond motifs is 1. The van der Waals surface area contributed by atoms with E-state index < -0.39 is 10.0 Å². The highest BCUT2D eigenvalue weighted by molar-refractivity contribution is 7.89. The van der Waals surface area contributed by atoms with Gasteiger partial charge in [-0.25, -0.2) is 13.4 Å². The number of aryl methyl sites for hydroxylation is 1. The summed E-state index contributed by atoms with van der Waals surface area (Å²) in [6.07, 6.45) is 5.81. The van der Waals surface area contributed by atoms with E-state index in [0.717, 1.165) is 12.1 Å². The predicted octanol–water partition coefficient (Wildman–Crippen LogP) is 1.38. The second-order valence-corrected chi connectivity index (χ2v) is 6.88. The maximum absolute atomic E-state index is 12.7. The third-order valence-electron chi connectivity index (χ3n) is 3.76. The van der Waals surface area contributed by atoms with Gasteiger partial charge in [0, 0.05) is 38.2 Å². The van der Waals surface area contributed by atoms with Gasteiger partial charge in [-0.3, -0.25) is 0 Å². The molecule has 0 spiro atoms. The molecular weight excluding hydrogens is 276 g/mol. The van der Waals surface area contributed by atoms with Crippen molar-refractivity contribution in [3.8, 4) is 0 Å². The highest BCUT2D eigenvalue weighted by Crippen LogP contribution is 2.32. The van der Waals surface area contributed by atoms with Gasteiger partial charge in [0.2, 0.25) is 0 Å². The smallest absolute Gasteiger partial charge is 0.262 e. The summed E-state index contributed by atoms with van der Waals surface area (Å²) in [5.41, 5.74) is 1.05. The summed E-state index contributed by atoms with van der Waals surface area (Å²) in [5.74, 6) is 0. The van der Waals surface area contributed by atoms with Crippen molar-refractivity contribution in [1.82, 2.24) is 18.4 Å². The van der Waals surface area contributed by atoms with Crippen molar-refractivity contribution in [1.29, 1.82) is 0 Å². The number of imidazole rings is 1. The minimum atomic E-state index is -3.54. The van der Waals surface area contributed by atoms with Crippen LogP contribution in [0.3, 0.4) is 0 Å². The third-order valence-corrected chi connectivity index (χ3v) is 5.55. The Morgan fingerprint density at radius 3 is 2.85 bits per heavy atom. The van der Waals surface area contributed by atoms with Crippen molar-refractivity contribution in [2.75, 3.05) is 6.54 Å². The lowest BCUT2D eigenvalue weighted by molar-refractivity contribution is 0.259. The molecule has 3 rings (SSSR count). The SMILES string of the molecule is CCC1c2cccn2CCN1S(=O)(=O)c1cn(C)cn1. The molecular formula is C13H18N4O2S. The Kier molecular flexibility index (Phi) is 3.18. The van der Waals surface area contributed by atoms with Crippen LogP contribution in [-0.2, 0) is 23.6 Å². The molecule has 2 aromatic rings. The molecule has 0 fully saturated rings. The maximum atomic E-state index is 12.7. The number of hydrogen-bond donors (Lipinski definition) is 0. The van der Waals surface area contributed by atoms with Gasteiger partial charge < -0.3 is 9.13 Å². The summed E-state index contributed by atoms with van der Waals surface area (Å²) >= 11 is 0. The molecule has 0 radical (unpaired) electrons. The largest absolute Gasteiger partial charge is 0.349 e. The molecule has 7 heteroatoms. The first-order valence-corrected chi connectivity index (χ1v) is 8.13. The van der Waals surface area contributed by atoms with E-state index in [1.807, 2.05) is 25.3 Å². The van der Waals surface area contributed by atoms with Gasteiger partial charge in [0.15, 0.2) is 5.03 Å². The van der Waals surface area contributed by atoms with Crippen LogP contribution in [-0.4, -0.2) is 33.4 Å². The summed E-state index contributed by atoms with van der Waals surface area (Å²) < 4.78 is 30.8. The van der Waals surface area contributed by atoms with E-state index in [9.17, 15) is 8.42 Å². The van der Waals surface area contributed by atoms with Crippen LogP contribution in [0.4, 0.5) is 0 Å². The van der Waals surface area contributed by atoms with Gasteiger partial charge in [-0.2, -0.15) is 4.31 Å². The summed E-state index contributed by atoms with van der Waals surface area (Å²) in [6.45, 7) is 3.18. The molecule has 0 N–H and O–H groups in total. The second-order valence-electron chi connectivity index (χ2n) is 5.04. The first-order valence-electron chi connectivity index (χ1n) is 6.69. The highest BCUT2D eigenvalue weighted by Gasteiger charge is 2.36. The Morgan fingerprint density at radius 2 is 2.20 bits per heavy atom. The van der Waals surface area contributed by atoms with Crippen molar-refractivity contribution in [2.24, 2.45) is 7.05 Å². The zero-order valence-corrected chi connectivity index (χ0v) is 12.4. The number of hydrogen-bond acceptors (Lipinski definition) is 3. The number of aromatic nitrogens is 3. The lowest BCUT2D eigenvalue weighted by Crippen LogP contribution is -2.41. The van der Waals surface area contributed by atoms with Crippen molar-refractivity contribution in [2.45, 2.75) is 31.0 Å². The first-order chi connectivity index (χ1) is 9.54. The van der Waals surface area contributed by atoms with Crippen molar-refractivity contribution < 1.29 is 8.42 Å². The third kappa shape index (κ3) is 1.97. The minimum absolute atomic E-state index is 0.120. The van der Waals surface area contributed by atoms with E-state index in [1.165, 1.54) is 6.33 Å². The van der Waals surface area contributed by atoms with Crippen LogP contribution < -0.4 is 0 Å².